The molecule has 12 radical (unpaired) electrons. The van der Waals surface area contributed by atoms with Crippen molar-refractivity contribution in [3.8, 4) is 0 Å². The maximum absolute atomic E-state index is 2.51. The van der Waals surface area contributed by atoms with Crippen molar-refractivity contribution in [2.45, 2.75) is 103 Å². The van der Waals surface area contributed by atoms with Crippen LogP contribution in [0.25, 0.3) is 0 Å². The molecule has 32 heavy (non-hydrogen) atoms. The minimum atomic E-state index is -0.0624. The van der Waals surface area contributed by atoms with Crippen molar-refractivity contribution in [3.05, 3.63) is 0 Å². The van der Waals surface area contributed by atoms with Gasteiger partial charge < -0.3 is 0 Å². The van der Waals surface area contributed by atoms with Gasteiger partial charge in [-0.3, -0.25) is 0 Å². The molecule has 0 bridgehead atoms. The van der Waals surface area contributed by atoms with Gasteiger partial charge in [0.05, 0.1) is 93.6 Å². The van der Waals surface area contributed by atoms with E-state index >= 15 is 0 Å². The molecule has 150 valence electrons. The summed E-state index contributed by atoms with van der Waals surface area (Å²) in [5.41, 5.74) is 0. The summed E-state index contributed by atoms with van der Waals surface area (Å²) in [5.74, 6) is 0. The highest BCUT2D eigenvalue weighted by atomic mass is 13.9. The smallest absolute Gasteiger partial charge is 0.0964 e. The Balaban J connectivity index is 7.33. The SMILES string of the molecule is C[B]CB([B]C)C([B]C)([B]C)B(B([B]C)C([B]C)([B]C)[B]C)B([B]C)C([B]C)([B]C)[B]C. The maximum atomic E-state index is 2.51. The monoisotopic (exact) mass is 406 g/mol. The molecule has 0 atom stereocenters. The second-order valence-corrected chi connectivity index (χ2v) is 9.14. The van der Waals surface area contributed by atoms with E-state index < -0.39 is 0 Å². The standard InChI is InChI=1S/C16H38B16/c1-17-13-29(26-10)16(24-8,25-9)32(30(27-11)14(18-2,19-3)20-4)31(28-12)15(21-5,22-6)23-7/h13H2,1-12H3. The van der Waals surface area contributed by atoms with E-state index in [4.69, 9.17) is 0 Å². The predicted octanol–water partition coefficient (Wildman–Crippen LogP) is 2.02. The third kappa shape index (κ3) is 6.42. The molecular formula is C16H38B16. The summed E-state index contributed by atoms with van der Waals surface area (Å²) in [6, 6.07) is 0. The van der Waals surface area contributed by atoms with Crippen LogP contribution in [0.1, 0.15) is 0 Å². The molecule has 0 fully saturated rings. The number of hydrogen-bond acceptors (Lipinski definition) is 0. The van der Waals surface area contributed by atoms with Gasteiger partial charge in [-0.1, -0.05) is 81.9 Å². The highest BCUT2D eigenvalue weighted by Crippen LogP contribution is 2.44. The highest BCUT2D eigenvalue weighted by molar-refractivity contribution is 7.78. The molecule has 0 nitrogen and oxygen atoms in total. The Labute approximate surface area is 215 Å². The Bertz CT molecular complexity index is 436. The van der Waals surface area contributed by atoms with E-state index in [1.807, 2.05) is 0 Å². The predicted molar refractivity (Wildman–Crippen MR) is 175 cm³/mol. The third-order valence-corrected chi connectivity index (χ3v) is 8.76. The Morgan fingerprint density at radius 1 is 0.469 bits per heavy atom. The van der Waals surface area contributed by atoms with Crippen LogP contribution in [0.15, 0.2) is 0 Å². The average Bonchev–Trinajstić information content (AvgIpc) is 2.85. The van der Waals surface area contributed by atoms with E-state index in [2.05, 4.69) is 169 Å². The fourth-order valence-electron chi connectivity index (χ4n) is 6.72. The third-order valence-electron chi connectivity index (χ3n) is 8.76. The first kappa shape index (κ1) is 33.0. The summed E-state index contributed by atoms with van der Waals surface area (Å²) in [6.45, 7) is 28.4. The molecule has 0 N–H and O–H groups in total. The van der Waals surface area contributed by atoms with Crippen LogP contribution in [0.2, 0.25) is 103 Å². The van der Waals surface area contributed by atoms with Crippen molar-refractivity contribution in [1.29, 1.82) is 0 Å². The van der Waals surface area contributed by atoms with Crippen LogP contribution in [0, 0.1) is 0 Å². The van der Waals surface area contributed by atoms with E-state index in [1.165, 1.54) is 0 Å². The number of rotatable bonds is 19. The van der Waals surface area contributed by atoms with E-state index in [0.717, 1.165) is 6.22 Å². The summed E-state index contributed by atoms with van der Waals surface area (Å²) in [7, 11) is 29.2. The zero-order valence-electron chi connectivity index (χ0n) is 23.4. The summed E-state index contributed by atoms with van der Waals surface area (Å²) >= 11 is 0. The lowest BCUT2D eigenvalue weighted by Gasteiger charge is -2.57. The lowest BCUT2D eigenvalue weighted by atomic mass is 8.57. The van der Waals surface area contributed by atoms with E-state index in [9.17, 15) is 0 Å². The van der Waals surface area contributed by atoms with Crippen molar-refractivity contribution in [2.75, 3.05) is 0 Å². The molecule has 0 rings (SSSR count). The first-order valence-corrected chi connectivity index (χ1v) is 12.9. The molecule has 0 aliphatic rings. The van der Waals surface area contributed by atoms with Gasteiger partial charge in [0, 0.05) is 19.5 Å². The number of hydrogen-bond donors (Lipinski definition) is 0. The largest absolute Gasteiger partial charge is 0.145 e. The van der Waals surface area contributed by atoms with Crippen LogP contribution >= 0.6 is 0 Å². The maximum Gasteiger partial charge on any atom is 0.0964 e. The van der Waals surface area contributed by atoms with Crippen LogP contribution in [0.3, 0.4) is 0 Å². The molecule has 0 heterocycles. The van der Waals surface area contributed by atoms with Gasteiger partial charge in [-0.05, 0) is 0 Å². The summed E-state index contributed by atoms with van der Waals surface area (Å²) in [5, 5.41) is -0.170. The minimum Gasteiger partial charge on any atom is -0.145 e. The Hall–Kier alpha value is 1.04. The van der Waals surface area contributed by atoms with Crippen molar-refractivity contribution in [2.24, 2.45) is 0 Å². The first-order valence-electron chi connectivity index (χ1n) is 12.9. The second-order valence-electron chi connectivity index (χ2n) is 9.14. The van der Waals surface area contributed by atoms with Gasteiger partial charge in [0.1, 0.15) is 0 Å². The summed E-state index contributed by atoms with van der Waals surface area (Å²) in [4.78, 5) is 0. The van der Waals surface area contributed by atoms with E-state index in [1.54, 1.807) is 0 Å². The van der Waals surface area contributed by atoms with Crippen molar-refractivity contribution in [3.63, 3.8) is 0 Å². The molecule has 0 amide bonds. The topological polar surface area (TPSA) is 0 Å². The Morgan fingerprint density at radius 3 is 1.00 bits per heavy atom. The molecule has 0 aromatic rings. The van der Waals surface area contributed by atoms with Crippen LogP contribution in [-0.2, 0) is 0 Å². The van der Waals surface area contributed by atoms with Gasteiger partial charge in [0.15, 0.2) is 0 Å². The zero-order chi connectivity index (χ0) is 25.0. The van der Waals surface area contributed by atoms with Gasteiger partial charge >= 0.3 is 0 Å². The lowest BCUT2D eigenvalue weighted by molar-refractivity contribution is 1.45. The van der Waals surface area contributed by atoms with Gasteiger partial charge in [0.2, 0.25) is 0 Å². The van der Waals surface area contributed by atoms with E-state index in [-0.39, 0.29) is 15.0 Å². The summed E-state index contributed by atoms with van der Waals surface area (Å²) < 4.78 is 0. The molecule has 0 saturated carbocycles. The van der Waals surface area contributed by atoms with Crippen molar-refractivity contribution >= 4 is 113 Å². The molecule has 16 heteroatoms. The van der Waals surface area contributed by atoms with Gasteiger partial charge in [0.25, 0.3) is 0 Å². The minimum absolute atomic E-state index is 0.0455. The van der Waals surface area contributed by atoms with Gasteiger partial charge in [-0.15, -0.1) is 21.3 Å². The normalized spacial score (nSPS) is 11.2. The van der Waals surface area contributed by atoms with Crippen LogP contribution < -0.4 is 0 Å². The second kappa shape index (κ2) is 15.9. The van der Waals surface area contributed by atoms with Gasteiger partial charge in [-0.25, -0.2) is 0 Å². The Kier molecular flexibility index (Phi) is 16.4. The van der Waals surface area contributed by atoms with Crippen LogP contribution in [-0.4, -0.2) is 113 Å². The van der Waals surface area contributed by atoms with Crippen LogP contribution in [0.5, 0.6) is 0 Å². The molecule has 0 aliphatic carbocycles. The average molecular weight is 403 g/mol. The van der Waals surface area contributed by atoms with Crippen molar-refractivity contribution < 1.29 is 0 Å². The quantitative estimate of drug-likeness (QED) is 0.290. The van der Waals surface area contributed by atoms with E-state index in [0.29, 0.717) is 26.1 Å². The lowest BCUT2D eigenvalue weighted by Crippen LogP contribution is -2.76. The highest BCUT2D eigenvalue weighted by Gasteiger charge is 2.57. The molecule has 0 aromatic carbocycles. The Morgan fingerprint density at radius 2 is 0.812 bits per heavy atom. The summed E-state index contributed by atoms with van der Waals surface area (Å²) in [6.07, 6.45) is 1.08. The first-order chi connectivity index (χ1) is 15.3. The molecule has 0 unspecified atom stereocenters. The van der Waals surface area contributed by atoms with Crippen molar-refractivity contribution in [1.82, 2.24) is 0 Å². The van der Waals surface area contributed by atoms with Crippen LogP contribution in [0.4, 0.5) is 0 Å². The molecule has 0 aliphatic heterocycles. The van der Waals surface area contributed by atoms with Gasteiger partial charge in [-0.2, -0.15) is 0 Å². The zero-order valence-corrected chi connectivity index (χ0v) is 23.4. The molecular weight excluding hydrogens is 365 g/mol. The molecule has 0 spiro atoms. The molecule has 0 aromatic heterocycles. The fraction of sp³-hybridized carbons (Fsp3) is 1.00. The fourth-order valence-corrected chi connectivity index (χ4v) is 6.72. The molecule has 0 saturated heterocycles.